The Morgan fingerprint density at radius 2 is 2.19 bits per heavy atom. The summed E-state index contributed by atoms with van der Waals surface area (Å²) in [5, 5.41) is 0. The average Bonchev–Trinajstić information content (AvgIpc) is 2.51. The van der Waals surface area contributed by atoms with Crippen LogP contribution in [0.25, 0.3) is 11.0 Å². The van der Waals surface area contributed by atoms with E-state index in [1.54, 1.807) is 23.7 Å². The van der Waals surface area contributed by atoms with Crippen molar-refractivity contribution in [2.75, 3.05) is 6.54 Å². The SMILES string of the molecule is Cn1c(=O)n(CCCN)c2cccc(F)c21. The van der Waals surface area contributed by atoms with Gasteiger partial charge in [-0.05, 0) is 25.1 Å². The second-order valence-electron chi connectivity index (χ2n) is 3.74. The van der Waals surface area contributed by atoms with Crippen LogP contribution in [0, 0.1) is 5.82 Å². The minimum absolute atomic E-state index is 0.200. The normalized spacial score (nSPS) is 11.2. The highest BCUT2D eigenvalue weighted by Gasteiger charge is 2.12. The van der Waals surface area contributed by atoms with Crippen molar-refractivity contribution in [3.05, 3.63) is 34.5 Å². The molecule has 0 saturated heterocycles. The number of nitrogens with two attached hydrogens (primary N) is 1. The Bertz CT molecular complexity index is 570. The number of imidazole rings is 1. The van der Waals surface area contributed by atoms with Crippen LogP contribution < -0.4 is 11.4 Å². The van der Waals surface area contributed by atoms with Crippen LogP contribution in [-0.4, -0.2) is 15.7 Å². The Hall–Kier alpha value is -1.62. The first-order valence-electron chi connectivity index (χ1n) is 5.20. The fourth-order valence-corrected chi connectivity index (χ4v) is 1.90. The van der Waals surface area contributed by atoms with Crippen LogP contribution in [0.15, 0.2) is 23.0 Å². The monoisotopic (exact) mass is 223 g/mol. The Balaban J connectivity index is 2.69. The van der Waals surface area contributed by atoms with Crippen LogP contribution >= 0.6 is 0 Å². The topological polar surface area (TPSA) is 53.0 Å². The molecule has 0 bridgehead atoms. The number of rotatable bonds is 3. The molecule has 16 heavy (non-hydrogen) atoms. The van der Waals surface area contributed by atoms with E-state index in [4.69, 9.17) is 5.73 Å². The molecule has 0 radical (unpaired) electrons. The van der Waals surface area contributed by atoms with Gasteiger partial charge in [-0.2, -0.15) is 0 Å². The highest BCUT2D eigenvalue weighted by Crippen LogP contribution is 2.15. The molecule has 2 rings (SSSR count). The van der Waals surface area contributed by atoms with Gasteiger partial charge >= 0.3 is 5.69 Å². The number of halogens is 1. The molecule has 1 heterocycles. The summed E-state index contributed by atoms with van der Waals surface area (Å²) in [6.07, 6.45) is 0.704. The highest BCUT2D eigenvalue weighted by atomic mass is 19.1. The third-order valence-corrected chi connectivity index (χ3v) is 2.70. The summed E-state index contributed by atoms with van der Waals surface area (Å²) < 4.78 is 16.5. The van der Waals surface area contributed by atoms with E-state index >= 15 is 0 Å². The van der Waals surface area contributed by atoms with E-state index in [9.17, 15) is 9.18 Å². The number of aromatic nitrogens is 2. The summed E-state index contributed by atoms with van der Waals surface area (Å²) >= 11 is 0. The zero-order valence-corrected chi connectivity index (χ0v) is 9.11. The van der Waals surface area contributed by atoms with Crippen molar-refractivity contribution in [3.63, 3.8) is 0 Å². The van der Waals surface area contributed by atoms with E-state index in [1.165, 1.54) is 10.6 Å². The summed E-state index contributed by atoms with van der Waals surface area (Å²) in [6, 6.07) is 4.71. The van der Waals surface area contributed by atoms with Crippen LogP contribution in [0.1, 0.15) is 6.42 Å². The maximum absolute atomic E-state index is 13.6. The van der Waals surface area contributed by atoms with Gasteiger partial charge in [-0.1, -0.05) is 6.07 Å². The first-order chi connectivity index (χ1) is 7.66. The van der Waals surface area contributed by atoms with Crippen molar-refractivity contribution in [2.45, 2.75) is 13.0 Å². The van der Waals surface area contributed by atoms with Gasteiger partial charge in [0.25, 0.3) is 0 Å². The molecule has 5 heteroatoms. The summed E-state index contributed by atoms with van der Waals surface area (Å²) in [6.45, 7) is 1.04. The number of hydrogen-bond donors (Lipinski definition) is 1. The molecule has 0 spiro atoms. The number of benzene rings is 1. The predicted molar refractivity (Wildman–Crippen MR) is 60.8 cm³/mol. The zero-order chi connectivity index (χ0) is 11.7. The van der Waals surface area contributed by atoms with Gasteiger partial charge in [0.1, 0.15) is 11.3 Å². The molecule has 2 N–H and O–H groups in total. The Morgan fingerprint density at radius 3 is 2.88 bits per heavy atom. The molecule has 4 nitrogen and oxygen atoms in total. The Labute approximate surface area is 92.1 Å². The molecule has 0 aliphatic heterocycles. The molecule has 0 aliphatic carbocycles. The van der Waals surface area contributed by atoms with E-state index in [2.05, 4.69) is 0 Å². The first kappa shape index (κ1) is 10.9. The molecule has 0 atom stereocenters. The van der Waals surface area contributed by atoms with Crippen LogP contribution in [0.2, 0.25) is 0 Å². The maximum Gasteiger partial charge on any atom is 0.328 e. The van der Waals surface area contributed by atoms with Crippen molar-refractivity contribution in [2.24, 2.45) is 12.8 Å². The van der Waals surface area contributed by atoms with E-state index in [-0.39, 0.29) is 11.5 Å². The zero-order valence-electron chi connectivity index (χ0n) is 9.11. The lowest BCUT2D eigenvalue weighted by atomic mass is 10.3. The molecule has 2 aromatic rings. The lowest BCUT2D eigenvalue weighted by Crippen LogP contribution is -2.23. The average molecular weight is 223 g/mol. The molecular weight excluding hydrogens is 209 g/mol. The van der Waals surface area contributed by atoms with Crippen LogP contribution in [-0.2, 0) is 13.6 Å². The molecule has 86 valence electrons. The first-order valence-corrected chi connectivity index (χ1v) is 5.20. The second kappa shape index (κ2) is 4.09. The number of fused-ring (bicyclic) bond motifs is 1. The lowest BCUT2D eigenvalue weighted by Gasteiger charge is -2.00. The number of hydrogen-bond acceptors (Lipinski definition) is 2. The van der Waals surface area contributed by atoms with E-state index in [1.807, 2.05) is 0 Å². The summed E-state index contributed by atoms with van der Waals surface area (Å²) in [4.78, 5) is 11.9. The van der Waals surface area contributed by atoms with Crippen LogP contribution in [0.5, 0.6) is 0 Å². The van der Waals surface area contributed by atoms with Crippen molar-refractivity contribution < 1.29 is 4.39 Å². The standard InChI is InChI=1S/C11H14FN3O/c1-14-10-8(12)4-2-5-9(10)15(11(14)16)7-3-6-13/h2,4-5H,3,6-7,13H2,1H3. The molecule has 0 saturated carbocycles. The summed E-state index contributed by atoms with van der Waals surface area (Å²) in [5.41, 5.74) is 6.19. The van der Waals surface area contributed by atoms with Gasteiger partial charge in [0.15, 0.2) is 0 Å². The number of nitrogens with zero attached hydrogens (tertiary/aromatic N) is 2. The van der Waals surface area contributed by atoms with Gasteiger partial charge in [0.05, 0.1) is 5.52 Å². The third kappa shape index (κ3) is 1.53. The fraction of sp³-hybridized carbons (Fsp3) is 0.364. The number of para-hydroxylation sites is 1. The van der Waals surface area contributed by atoms with Crippen molar-refractivity contribution >= 4 is 11.0 Å². The van der Waals surface area contributed by atoms with Gasteiger partial charge in [-0.25, -0.2) is 9.18 Å². The van der Waals surface area contributed by atoms with E-state index in [0.717, 1.165) is 0 Å². The molecule has 0 amide bonds. The van der Waals surface area contributed by atoms with Crippen molar-refractivity contribution in [1.82, 2.24) is 9.13 Å². The number of aryl methyl sites for hydroxylation is 2. The van der Waals surface area contributed by atoms with Gasteiger partial charge in [-0.3, -0.25) is 9.13 Å². The fourth-order valence-electron chi connectivity index (χ4n) is 1.90. The molecule has 1 aromatic heterocycles. The smallest absolute Gasteiger partial charge is 0.328 e. The largest absolute Gasteiger partial charge is 0.330 e. The third-order valence-electron chi connectivity index (χ3n) is 2.70. The van der Waals surface area contributed by atoms with Crippen molar-refractivity contribution in [1.29, 1.82) is 0 Å². The molecule has 0 aliphatic rings. The van der Waals surface area contributed by atoms with Gasteiger partial charge in [0, 0.05) is 13.6 Å². The summed E-state index contributed by atoms with van der Waals surface area (Å²) in [7, 11) is 1.58. The summed E-state index contributed by atoms with van der Waals surface area (Å²) in [5.74, 6) is -0.372. The highest BCUT2D eigenvalue weighted by molar-refractivity contribution is 5.76. The Kier molecular flexibility index (Phi) is 2.78. The molecule has 0 unspecified atom stereocenters. The van der Waals surface area contributed by atoms with Crippen LogP contribution in [0.4, 0.5) is 4.39 Å². The van der Waals surface area contributed by atoms with E-state index in [0.29, 0.717) is 30.5 Å². The minimum Gasteiger partial charge on any atom is -0.330 e. The maximum atomic E-state index is 13.6. The van der Waals surface area contributed by atoms with Crippen LogP contribution in [0.3, 0.4) is 0 Å². The van der Waals surface area contributed by atoms with Gasteiger partial charge in [0.2, 0.25) is 0 Å². The predicted octanol–water partition coefficient (Wildman–Crippen LogP) is 0.828. The lowest BCUT2D eigenvalue weighted by molar-refractivity contribution is 0.623. The van der Waals surface area contributed by atoms with Gasteiger partial charge in [-0.15, -0.1) is 0 Å². The minimum atomic E-state index is -0.372. The molecular formula is C11H14FN3O. The second-order valence-corrected chi connectivity index (χ2v) is 3.74. The molecule has 0 fully saturated rings. The Morgan fingerprint density at radius 1 is 1.44 bits per heavy atom. The molecule has 1 aromatic carbocycles. The van der Waals surface area contributed by atoms with Crippen molar-refractivity contribution in [3.8, 4) is 0 Å². The quantitative estimate of drug-likeness (QED) is 0.837. The van der Waals surface area contributed by atoms with E-state index < -0.39 is 0 Å². The van der Waals surface area contributed by atoms with Gasteiger partial charge < -0.3 is 5.73 Å².